The van der Waals surface area contributed by atoms with Crippen LogP contribution in [0.15, 0.2) is 15.8 Å². The number of fused-ring (bicyclic) bond motifs is 3. The molecule has 0 N–H and O–H groups in total. The average molecular weight is 305 g/mol. The first kappa shape index (κ1) is 14.6. The van der Waals surface area contributed by atoms with Gasteiger partial charge in [0.25, 0.3) is 5.56 Å². The molecule has 0 saturated carbocycles. The van der Waals surface area contributed by atoms with Gasteiger partial charge in [-0.05, 0) is 13.3 Å². The van der Waals surface area contributed by atoms with Gasteiger partial charge in [-0.2, -0.15) is 4.98 Å². The lowest BCUT2D eigenvalue weighted by Crippen LogP contribution is -2.37. The lowest BCUT2D eigenvalue weighted by molar-refractivity contribution is 0.190. The Kier molecular flexibility index (Phi) is 3.40. The van der Waals surface area contributed by atoms with Gasteiger partial charge in [0.2, 0.25) is 5.78 Å². The van der Waals surface area contributed by atoms with E-state index in [1.54, 1.807) is 18.6 Å². The van der Waals surface area contributed by atoms with E-state index in [9.17, 15) is 9.59 Å². The second-order valence-electron chi connectivity index (χ2n) is 5.43. The van der Waals surface area contributed by atoms with Crippen LogP contribution in [-0.4, -0.2) is 36.8 Å². The first-order valence-electron chi connectivity index (χ1n) is 7.10. The van der Waals surface area contributed by atoms with Crippen LogP contribution in [-0.2, 0) is 25.4 Å². The van der Waals surface area contributed by atoms with E-state index in [0.29, 0.717) is 23.5 Å². The fourth-order valence-corrected chi connectivity index (χ4v) is 2.77. The number of ether oxygens (including phenoxy) is 1. The van der Waals surface area contributed by atoms with Gasteiger partial charge in [-0.25, -0.2) is 4.79 Å². The van der Waals surface area contributed by atoms with Crippen LogP contribution in [0, 0.1) is 6.92 Å². The standard InChI is InChI=1S/C14H19N5O3/c1-9-8-19-10-11(16(2)14(21)17(3)12(10)20)15-13(19)18(9)6-5-7-22-4/h8H,5-7H2,1-4H3. The Hall–Kier alpha value is -2.35. The fourth-order valence-electron chi connectivity index (χ4n) is 2.77. The molecule has 0 saturated heterocycles. The normalized spacial score (nSPS) is 11.8. The summed E-state index contributed by atoms with van der Waals surface area (Å²) in [4.78, 5) is 28.9. The summed E-state index contributed by atoms with van der Waals surface area (Å²) in [6.07, 6.45) is 2.73. The predicted octanol–water partition coefficient (Wildman–Crippen LogP) is 0.0313. The third kappa shape index (κ3) is 1.91. The highest BCUT2D eigenvalue weighted by Gasteiger charge is 2.18. The Balaban J connectivity index is 2.32. The molecule has 0 spiro atoms. The van der Waals surface area contributed by atoms with Gasteiger partial charge >= 0.3 is 5.69 Å². The minimum atomic E-state index is -0.374. The topological polar surface area (TPSA) is 75.5 Å². The molecule has 0 radical (unpaired) electrons. The largest absolute Gasteiger partial charge is 0.385 e. The van der Waals surface area contributed by atoms with E-state index in [0.717, 1.165) is 23.2 Å². The Labute approximate surface area is 126 Å². The summed E-state index contributed by atoms with van der Waals surface area (Å²) >= 11 is 0. The van der Waals surface area contributed by atoms with Crippen molar-refractivity contribution in [1.82, 2.24) is 23.1 Å². The molecule has 3 rings (SSSR count). The maximum atomic E-state index is 12.4. The molecule has 8 nitrogen and oxygen atoms in total. The number of imidazole rings is 2. The molecule has 0 atom stereocenters. The van der Waals surface area contributed by atoms with E-state index in [-0.39, 0.29) is 11.2 Å². The van der Waals surface area contributed by atoms with Crippen molar-refractivity contribution in [2.45, 2.75) is 19.9 Å². The van der Waals surface area contributed by atoms with Gasteiger partial charge in [0.05, 0.1) is 0 Å². The van der Waals surface area contributed by atoms with E-state index in [4.69, 9.17) is 4.74 Å². The Bertz CT molecular complexity index is 973. The van der Waals surface area contributed by atoms with Gasteiger partial charge in [0, 0.05) is 46.2 Å². The molecule has 8 heteroatoms. The first-order chi connectivity index (χ1) is 10.5. The molecule has 22 heavy (non-hydrogen) atoms. The third-order valence-electron chi connectivity index (χ3n) is 3.99. The molecular weight excluding hydrogens is 286 g/mol. The van der Waals surface area contributed by atoms with Crippen LogP contribution in [0.4, 0.5) is 0 Å². The second-order valence-corrected chi connectivity index (χ2v) is 5.43. The van der Waals surface area contributed by atoms with Crippen LogP contribution in [0.25, 0.3) is 16.9 Å². The number of hydrogen-bond donors (Lipinski definition) is 0. The number of hydrogen-bond acceptors (Lipinski definition) is 4. The summed E-state index contributed by atoms with van der Waals surface area (Å²) in [5.74, 6) is 0.668. The molecule has 0 fully saturated rings. The Morgan fingerprint density at radius 1 is 1.23 bits per heavy atom. The molecule has 0 aliphatic heterocycles. The zero-order valence-electron chi connectivity index (χ0n) is 13.2. The van der Waals surface area contributed by atoms with E-state index in [2.05, 4.69) is 4.98 Å². The van der Waals surface area contributed by atoms with Gasteiger partial charge in [-0.1, -0.05) is 0 Å². The van der Waals surface area contributed by atoms with Gasteiger partial charge in [-0.15, -0.1) is 0 Å². The van der Waals surface area contributed by atoms with Crippen LogP contribution in [0.3, 0.4) is 0 Å². The SMILES string of the molecule is COCCCn1c(C)cn2c3c(=O)n(C)c(=O)n(C)c3nc12. The Morgan fingerprint density at radius 2 is 1.95 bits per heavy atom. The first-order valence-corrected chi connectivity index (χ1v) is 7.10. The predicted molar refractivity (Wildman–Crippen MR) is 82.4 cm³/mol. The van der Waals surface area contributed by atoms with E-state index < -0.39 is 0 Å². The van der Waals surface area contributed by atoms with Gasteiger partial charge in [0.1, 0.15) is 0 Å². The maximum absolute atomic E-state index is 12.4. The molecule has 0 unspecified atom stereocenters. The molecule has 0 amide bonds. The van der Waals surface area contributed by atoms with Crippen LogP contribution in [0.5, 0.6) is 0 Å². The van der Waals surface area contributed by atoms with Crippen molar-refractivity contribution in [3.63, 3.8) is 0 Å². The molecule has 0 aliphatic rings. The maximum Gasteiger partial charge on any atom is 0.332 e. The van der Waals surface area contributed by atoms with Crippen molar-refractivity contribution in [3.8, 4) is 0 Å². The summed E-state index contributed by atoms with van der Waals surface area (Å²) in [5, 5.41) is 0. The lowest BCUT2D eigenvalue weighted by atomic mass is 10.4. The van der Waals surface area contributed by atoms with E-state index >= 15 is 0 Å². The van der Waals surface area contributed by atoms with Crippen molar-refractivity contribution in [1.29, 1.82) is 0 Å². The molecule has 3 heterocycles. The highest BCUT2D eigenvalue weighted by atomic mass is 16.5. The quantitative estimate of drug-likeness (QED) is 0.637. The van der Waals surface area contributed by atoms with Gasteiger partial charge in [-0.3, -0.25) is 18.3 Å². The highest BCUT2D eigenvalue weighted by molar-refractivity contribution is 5.75. The summed E-state index contributed by atoms with van der Waals surface area (Å²) < 4.78 is 11.4. The van der Waals surface area contributed by atoms with Crippen molar-refractivity contribution in [3.05, 3.63) is 32.7 Å². The van der Waals surface area contributed by atoms with Gasteiger partial charge < -0.3 is 9.30 Å². The van der Waals surface area contributed by atoms with E-state index in [1.807, 2.05) is 17.7 Å². The van der Waals surface area contributed by atoms with Crippen molar-refractivity contribution in [2.24, 2.45) is 14.1 Å². The number of methoxy groups -OCH3 is 1. The Morgan fingerprint density at radius 3 is 2.64 bits per heavy atom. The summed E-state index contributed by atoms with van der Waals surface area (Å²) in [5.41, 5.74) is 1.13. The zero-order valence-corrected chi connectivity index (χ0v) is 13.2. The molecule has 3 aromatic rings. The summed E-state index contributed by atoms with van der Waals surface area (Å²) in [7, 11) is 4.77. The number of rotatable bonds is 4. The lowest BCUT2D eigenvalue weighted by Gasteiger charge is -2.04. The second kappa shape index (κ2) is 5.13. The average Bonchev–Trinajstić information content (AvgIpc) is 2.99. The van der Waals surface area contributed by atoms with Crippen LogP contribution in [0.2, 0.25) is 0 Å². The van der Waals surface area contributed by atoms with Crippen LogP contribution >= 0.6 is 0 Å². The monoisotopic (exact) mass is 305 g/mol. The number of aryl methyl sites for hydroxylation is 3. The number of nitrogens with zero attached hydrogens (tertiary/aromatic N) is 5. The molecule has 0 bridgehead atoms. The molecule has 3 aromatic heterocycles. The molecule has 118 valence electrons. The van der Waals surface area contributed by atoms with Crippen molar-refractivity contribution >= 4 is 16.9 Å². The minimum absolute atomic E-state index is 0.334. The summed E-state index contributed by atoms with van der Waals surface area (Å²) in [6, 6.07) is 0. The zero-order chi connectivity index (χ0) is 16.0. The minimum Gasteiger partial charge on any atom is -0.385 e. The van der Waals surface area contributed by atoms with Crippen molar-refractivity contribution in [2.75, 3.05) is 13.7 Å². The smallest absolute Gasteiger partial charge is 0.332 e. The fraction of sp³-hybridized carbons (Fsp3) is 0.500. The van der Waals surface area contributed by atoms with E-state index in [1.165, 1.54) is 11.6 Å². The van der Waals surface area contributed by atoms with Crippen LogP contribution in [0.1, 0.15) is 12.1 Å². The molecular formula is C14H19N5O3. The molecule has 0 aliphatic carbocycles. The highest BCUT2D eigenvalue weighted by Crippen LogP contribution is 2.16. The van der Waals surface area contributed by atoms with Gasteiger partial charge in [0.15, 0.2) is 11.2 Å². The number of aromatic nitrogens is 5. The molecule has 0 aromatic carbocycles. The van der Waals surface area contributed by atoms with Crippen LogP contribution < -0.4 is 11.2 Å². The third-order valence-corrected chi connectivity index (χ3v) is 3.99. The van der Waals surface area contributed by atoms with Crippen molar-refractivity contribution < 1.29 is 4.74 Å². The summed E-state index contributed by atoms with van der Waals surface area (Å²) in [6.45, 7) is 3.37.